The van der Waals surface area contributed by atoms with Gasteiger partial charge in [0.25, 0.3) is 5.91 Å². The summed E-state index contributed by atoms with van der Waals surface area (Å²) >= 11 is 0. The van der Waals surface area contributed by atoms with Gasteiger partial charge in [-0.15, -0.1) is 0 Å². The predicted octanol–water partition coefficient (Wildman–Crippen LogP) is 3.05. The van der Waals surface area contributed by atoms with Crippen LogP contribution in [-0.4, -0.2) is 12.5 Å². The molecule has 4 heteroatoms. The van der Waals surface area contributed by atoms with Gasteiger partial charge in [-0.1, -0.05) is 30.8 Å². The van der Waals surface area contributed by atoms with Gasteiger partial charge in [0.05, 0.1) is 5.69 Å². The van der Waals surface area contributed by atoms with Crippen LogP contribution >= 0.6 is 0 Å². The smallest absolute Gasteiger partial charge is 0.262 e. The molecule has 1 N–H and O–H groups in total. The number of ether oxygens (including phenoxy) is 2. The number of rotatable bonds is 0. The van der Waals surface area contributed by atoms with Crippen LogP contribution in [-0.2, 0) is 4.79 Å². The highest BCUT2D eigenvalue weighted by Crippen LogP contribution is 2.46. The molecule has 0 unspecified atom stereocenters. The van der Waals surface area contributed by atoms with E-state index in [1.165, 1.54) is 0 Å². The molecule has 0 aromatic heterocycles. The van der Waals surface area contributed by atoms with E-state index < -0.39 is 0 Å². The van der Waals surface area contributed by atoms with Crippen molar-refractivity contribution < 1.29 is 14.3 Å². The maximum absolute atomic E-state index is 11.4. The first-order valence-corrected chi connectivity index (χ1v) is 6.29. The van der Waals surface area contributed by atoms with Crippen LogP contribution in [0, 0.1) is 0 Å². The van der Waals surface area contributed by atoms with Crippen LogP contribution in [0.5, 0.6) is 11.5 Å². The Hall–Kier alpha value is -2.75. The number of benzene rings is 2. The molecule has 0 bridgehead atoms. The minimum Gasteiger partial charge on any atom is -0.482 e. The van der Waals surface area contributed by atoms with Crippen LogP contribution in [0.4, 0.5) is 5.69 Å². The fourth-order valence-electron chi connectivity index (χ4n) is 2.55. The van der Waals surface area contributed by atoms with E-state index in [0.717, 1.165) is 16.7 Å². The highest BCUT2D eigenvalue weighted by molar-refractivity contribution is 5.98. The molecule has 4 nitrogen and oxygen atoms in total. The molecule has 2 aliphatic rings. The van der Waals surface area contributed by atoms with E-state index in [1.807, 2.05) is 30.3 Å². The zero-order chi connectivity index (χ0) is 13.7. The minimum atomic E-state index is -0.160. The van der Waals surface area contributed by atoms with Crippen molar-refractivity contribution in [2.75, 3.05) is 11.9 Å². The van der Waals surface area contributed by atoms with Crippen LogP contribution in [0.2, 0.25) is 0 Å². The lowest BCUT2D eigenvalue weighted by molar-refractivity contribution is -0.118. The molecule has 0 spiro atoms. The van der Waals surface area contributed by atoms with Crippen molar-refractivity contribution in [1.29, 1.82) is 0 Å². The van der Waals surface area contributed by atoms with Gasteiger partial charge < -0.3 is 14.8 Å². The Kier molecular flexibility index (Phi) is 2.15. The first-order chi connectivity index (χ1) is 9.72. The Balaban J connectivity index is 1.94. The second-order valence-corrected chi connectivity index (χ2v) is 4.75. The Morgan fingerprint density at radius 3 is 2.70 bits per heavy atom. The molecule has 0 radical (unpaired) electrons. The molecule has 0 saturated carbocycles. The van der Waals surface area contributed by atoms with Crippen molar-refractivity contribution >= 4 is 17.4 Å². The standard InChI is InChI=1S/C16H11NO3/c1-9-10-4-2-3-5-11(10)12-6-15-13(7-14(12)20-9)17-16(18)8-19-15/h2-7H,1,8H2,(H,17,18). The molecule has 2 aliphatic heterocycles. The van der Waals surface area contributed by atoms with Gasteiger partial charge >= 0.3 is 0 Å². The number of fused-ring (bicyclic) bond motifs is 4. The summed E-state index contributed by atoms with van der Waals surface area (Å²) in [6, 6.07) is 11.6. The number of carbonyl (C=O) groups is 1. The van der Waals surface area contributed by atoms with Gasteiger partial charge in [0, 0.05) is 17.2 Å². The SMILES string of the molecule is C=C1Oc2cc3c(cc2-c2ccccc21)OCC(=O)N3. The third-order valence-electron chi connectivity index (χ3n) is 3.47. The molecular formula is C16H11NO3. The van der Waals surface area contributed by atoms with E-state index in [1.54, 1.807) is 6.07 Å². The fraction of sp³-hybridized carbons (Fsp3) is 0.0625. The zero-order valence-electron chi connectivity index (χ0n) is 10.6. The zero-order valence-corrected chi connectivity index (χ0v) is 10.6. The Morgan fingerprint density at radius 1 is 1.05 bits per heavy atom. The third kappa shape index (κ3) is 1.51. The van der Waals surface area contributed by atoms with E-state index in [9.17, 15) is 4.79 Å². The van der Waals surface area contributed by atoms with Gasteiger partial charge in [-0.3, -0.25) is 4.79 Å². The van der Waals surface area contributed by atoms with Crippen LogP contribution in [0.1, 0.15) is 5.56 Å². The van der Waals surface area contributed by atoms with Crippen LogP contribution < -0.4 is 14.8 Å². The van der Waals surface area contributed by atoms with Crippen LogP contribution in [0.3, 0.4) is 0 Å². The van der Waals surface area contributed by atoms with E-state index >= 15 is 0 Å². The number of hydrogen-bond donors (Lipinski definition) is 1. The van der Waals surface area contributed by atoms with Gasteiger partial charge in [0.2, 0.25) is 0 Å². The number of hydrogen-bond acceptors (Lipinski definition) is 3. The molecule has 2 heterocycles. The Morgan fingerprint density at radius 2 is 1.85 bits per heavy atom. The summed E-state index contributed by atoms with van der Waals surface area (Å²) in [4.78, 5) is 11.4. The second kappa shape index (κ2) is 3.87. The lowest BCUT2D eigenvalue weighted by Gasteiger charge is -2.25. The summed E-state index contributed by atoms with van der Waals surface area (Å²) in [6.07, 6.45) is 0. The topological polar surface area (TPSA) is 47.6 Å². The molecule has 0 fully saturated rings. The average Bonchev–Trinajstić information content (AvgIpc) is 2.46. The minimum absolute atomic E-state index is 0.0427. The van der Waals surface area contributed by atoms with Crippen molar-refractivity contribution in [3.63, 3.8) is 0 Å². The average molecular weight is 265 g/mol. The third-order valence-corrected chi connectivity index (χ3v) is 3.47. The van der Waals surface area contributed by atoms with Crippen molar-refractivity contribution in [3.05, 3.63) is 48.5 Å². The van der Waals surface area contributed by atoms with Gasteiger partial charge in [-0.2, -0.15) is 0 Å². The first kappa shape index (κ1) is 11.1. The number of nitrogens with one attached hydrogen (secondary N) is 1. The highest BCUT2D eigenvalue weighted by Gasteiger charge is 2.25. The number of anilines is 1. The molecule has 4 rings (SSSR count). The predicted molar refractivity (Wildman–Crippen MR) is 75.7 cm³/mol. The van der Waals surface area contributed by atoms with Crippen molar-refractivity contribution in [1.82, 2.24) is 0 Å². The molecular weight excluding hydrogens is 254 g/mol. The summed E-state index contributed by atoms with van der Waals surface area (Å²) in [6.45, 7) is 3.98. The maximum atomic E-state index is 11.4. The molecule has 0 aliphatic carbocycles. The Labute approximate surface area is 115 Å². The molecule has 98 valence electrons. The van der Waals surface area contributed by atoms with Crippen LogP contribution in [0.25, 0.3) is 16.9 Å². The van der Waals surface area contributed by atoms with Gasteiger partial charge in [-0.05, 0) is 11.6 Å². The lowest BCUT2D eigenvalue weighted by atomic mass is 9.95. The van der Waals surface area contributed by atoms with Crippen molar-refractivity contribution in [3.8, 4) is 22.6 Å². The molecule has 1 amide bonds. The van der Waals surface area contributed by atoms with Gasteiger partial charge in [0.15, 0.2) is 6.61 Å². The van der Waals surface area contributed by atoms with E-state index in [2.05, 4.69) is 11.9 Å². The molecule has 2 aromatic carbocycles. The lowest BCUT2D eigenvalue weighted by Crippen LogP contribution is -2.25. The quantitative estimate of drug-likeness (QED) is 0.796. The normalized spacial score (nSPS) is 15.2. The first-order valence-electron chi connectivity index (χ1n) is 6.29. The summed E-state index contributed by atoms with van der Waals surface area (Å²) in [5.74, 6) is 1.79. The summed E-state index contributed by atoms with van der Waals surface area (Å²) in [7, 11) is 0. The molecule has 0 saturated heterocycles. The summed E-state index contributed by atoms with van der Waals surface area (Å²) in [5, 5.41) is 2.78. The maximum Gasteiger partial charge on any atom is 0.262 e. The Bertz CT molecular complexity index is 764. The number of carbonyl (C=O) groups excluding carboxylic acids is 1. The van der Waals surface area contributed by atoms with Crippen molar-refractivity contribution in [2.45, 2.75) is 0 Å². The molecule has 20 heavy (non-hydrogen) atoms. The van der Waals surface area contributed by atoms with Crippen molar-refractivity contribution in [2.24, 2.45) is 0 Å². The summed E-state index contributed by atoms with van der Waals surface area (Å²) < 4.78 is 11.2. The van der Waals surface area contributed by atoms with E-state index in [-0.39, 0.29) is 12.5 Å². The summed E-state index contributed by atoms with van der Waals surface area (Å²) in [5.41, 5.74) is 3.61. The largest absolute Gasteiger partial charge is 0.482 e. The molecule has 2 aromatic rings. The van der Waals surface area contributed by atoms with Gasteiger partial charge in [-0.25, -0.2) is 0 Å². The monoisotopic (exact) mass is 265 g/mol. The van der Waals surface area contributed by atoms with Gasteiger partial charge in [0.1, 0.15) is 17.3 Å². The van der Waals surface area contributed by atoms with E-state index in [4.69, 9.17) is 9.47 Å². The second-order valence-electron chi connectivity index (χ2n) is 4.75. The number of amides is 1. The van der Waals surface area contributed by atoms with E-state index in [0.29, 0.717) is 22.9 Å². The highest BCUT2D eigenvalue weighted by atomic mass is 16.5. The molecule has 0 atom stereocenters. The van der Waals surface area contributed by atoms with Crippen LogP contribution in [0.15, 0.2) is 43.0 Å². The fourth-order valence-corrected chi connectivity index (χ4v) is 2.55.